The molecular formula is C11H8BrClFN3O. The van der Waals surface area contributed by atoms with Gasteiger partial charge in [-0.15, -0.1) is 0 Å². The Balaban J connectivity index is 2.30. The minimum atomic E-state index is -0.555. The Morgan fingerprint density at radius 1 is 1.39 bits per heavy atom. The Morgan fingerprint density at radius 2 is 2.17 bits per heavy atom. The Hall–Kier alpha value is -1.37. The second kappa shape index (κ2) is 5.51. The van der Waals surface area contributed by atoms with Crippen molar-refractivity contribution in [1.29, 1.82) is 0 Å². The monoisotopic (exact) mass is 331 g/mol. The predicted molar refractivity (Wildman–Crippen MR) is 71.2 cm³/mol. The number of aromatic nitrogens is 1. The number of benzene rings is 1. The summed E-state index contributed by atoms with van der Waals surface area (Å²) in [7, 11) is 0. The third kappa shape index (κ3) is 2.90. The molecule has 0 aliphatic heterocycles. The fourth-order valence-corrected chi connectivity index (χ4v) is 1.98. The van der Waals surface area contributed by atoms with Crippen LogP contribution in [0.5, 0.6) is 11.5 Å². The fourth-order valence-electron chi connectivity index (χ4n) is 1.26. The minimum absolute atomic E-state index is 0.0215. The molecule has 18 heavy (non-hydrogen) atoms. The fraction of sp³-hybridized carbons (Fsp3) is 0. The van der Waals surface area contributed by atoms with Gasteiger partial charge in [-0.25, -0.2) is 15.2 Å². The SMILES string of the molecule is NNc1cc(Oc2cc(F)c(Cl)cc2Br)ccn1. The number of hydrazine groups is 1. The van der Waals surface area contributed by atoms with Crippen molar-refractivity contribution in [2.24, 2.45) is 5.84 Å². The van der Waals surface area contributed by atoms with Gasteiger partial charge in [-0.3, -0.25) is 0 Å². The predicted octanol–water partition coefficient (Wildman–Crippen LogP) is 3.71. The minimum Gasteiger partial charge on any atom is -0.456 e. The van der Waals surface area contributed by atoms with Crippen molar-refractivity contribution < 1.29 is 9.13 Å². The summed E-state index contributed by atoms with van der Waals surface area (Å²) < 4.78 is 19.4. The average Bonchev–Trinajstić information content (AvgIpc) is 2.36. The quantitative estimate of drug-likeness (QED) is 0.511. The maximum absolute atomic E-state index is 13.3. The number of hydrogen-bond donors (Lipinski definition) is 2. The van der Waals surface area contributed by atoms with E-state index < -0.39 is 5.82 Å². The van der Waals surface area contributed by atoms with Gasteiger partial charge in [0.25, 0.3) is 0 Å². The van der Waals surface area contributed by atoms with Crippen molar-refractivity contribution in [3.8, 4) is 11.5 Å². The second-order valence-electron chi connectivity index (χ2n) is 3.32. The lowest BCUT2D eigenvalue weighted by atomic mass is 10.3. The molecule has 2 aromatic rings. The standard InChI is InChI=1S/C11H8BrClFN3O/c12-7-4-8(13)9(14)5-10(7)18-6-1-2-16-11(3-6)17-15/h1-5H,15H2,(H,16,17). The first-order chi connectivity index (χ1) is 8.60. The number of pyridine rings is 1. The largest absolute Gasteiger partial charge is 0.456 e. The Bertz CT molecular complexity index is 582. The molecule has 0 radical (unpaired) electrons. The van der Waals surface area contributed by atoms with Crippen molar-refractivity contribution in [2.75, 3.05) is 5.43 Å². The molecule has 7 heteroatoms. The van der Waals surface area contributed by atoms with Gasteiger partial charge in [-0.1, -0.05) is 11.6 Å². The van der Waals surface area contributed by atoms with E-state index >= 15 is 0 Å². The number of nitrogens with two attached hydrogens (primary N) is 1. The van der Waals surface area contributed by atoms with E-state index in [1.165, 1.54) is 18.3 Å². The Labute approximate surface area is 116 Å². The summed E-state index contributed by atoms with van der Waals surface area (Å²) in [5, 5.41) is 0.0215. The van der Waals surface area contributed by atoms with Crippen molar-refractivity contribution in [3.63, 3.8) is 0 Å². The molecule has 1 aromatic carbocycles. The van der Waals surface area contributed by atoms with Gasteiger partial charge in [0, 0.05) is 18.3 Å². The molecule has 0 atom stereocenters. The molecule has 94 valence electrons. The van der Waals surface area contributed by atoms with E-state index in [9.17, 15) is 4.39 Å². The zero-order valence-electron chi connectivity index (χ0n) is 8.95. The van der Waals surface area contributed by atoms with E-state index in [1.54, 1.807) is 12.1 Å². The van der Waals surface area contributed by atoms with Crippen LogP contribution in [0.4, 0.5) is 10.2 Å². The van der Waals surface area contributed by atoms with Gasteiger partial charge in [0.15, 0.2) is 0 Å². The third-order valence-corrected chi connectivity index (χ3v) is 2.99. The molecule has 0 unspecified atom stereocenters. The smallest absolute Gasteiger partial charge is 0.145 e. The van der Waals surface area contributed by atoms with Gasteiger partial charge >= 0.3 is 0 Å². The highest BCUT2D eigenvalue weighted by molar-refractivity contribution is 9.10. The highest BCUT2D eigenvalue weighted by Crippen LogP contribution is 2.33. The van der Waals surface area contributed by atoms with Crippen LogP contribution in [0.15, 0.2) is 34.9 Å². The summed E-state index contributed by atoms with van der Waals surface area (Å²) in [4.78, 5) is 3.93. The van der Waals surface area contributed by atoms with E-state index in [0.29, 0.717) is 21.8 Å². The van der Waals surface area contributed by atoms with Gasteiger partial charge in [0.2, 0.25) is 0 Å². The number of anilines is 1. The average molecular weight is 333 g/mol. The van der Waals surface area contributed by atoms with Crippen LogP contribution >= 0.6 is 27.5 Å². The van der Waals surface area contributed by atoms with E-state index in [0.717, 1.165) is 0 Å². The number of nitrogens with one attached hydrogen (secondary N) is 1. The van der Waals surface area contributed by atoms with E-state index in [4.69, 9.17) is 22.2 Å². The lowest BCUT2D eigenvalue weighted by Crippen LogP contribution is -2.08. The first kappa shape index (κ1) is 13.1. The van der Waals surface area contributed by atoms with Gasteiger partial charge < -0.3 is 10.2 Å². The molecule has 1 aromatic heterocycles. The van der Waals surface area contributed by atoms with Crippen molar-refractivity contribution in [3.05, 3.63) is 45.8 Å². The maximum atomic E-state index is 13.3. The van der Waals surface area contributed by atoms with Crippen LogP contribution in [0, 0.1) is 5.82 Å². The van der Waals surface area contributed by atoms with E-state index in [-0.39, 0.29) is 5.02 Å². The lowest BCUT2D eigenvalue weighted by Gasteiger charge is -2.09. The highest BCUT2D eigenvalue weighted by Gasteiger charge is 2.09. The van der Waals surface area contributed by atoms with Crippen LogP contribution < -0.4 is 16.0 Å². The molecule has 1 heterocycles. The summed E-state index contributed by atoms with van der Waals surface area (Å²) in [5.74, 6) is 5.90. The number of halogens is 3. The first-order valence-corrected chi connectivity index (χ1v) is 6.02. The van der Waals surface area contributed by atoms with Crippen LogP contribution in [-0.2, 0) is 0 Å². The molecule has 0 spiro atoms. The normalized spacial score (nSPS) is 10.2. The van der Waals surface area contributed by atoms with Crippen molar-refractivity contribution in [1.82, 2.24) is 4.98 Å². The van der Waals surface area contributed by atoms with Crippen LogP contribution in [0.1, 0.15) is 0 Å². The number of hydrogen-bond acceptors (Lipinski definition) is 4. The summed E-state index contributed by atoms with van der Waals surface area (Å²) >= 11 is 8.88. The molecule has 4 nitrogen and oxygen atoms in total. The maximum Gasteiger partial charge on any atom is 0.145 e. The second-order valence-corrected chi connectivity index (χ2v) is 4.58. The topological polar surface area (TPSA) is 60.2 Å². The zero-order chi connectivity index (χ0) is 13.1. The highest BCUT2D eigenvalue weighted by atomic mass is 79.9. The van der Waals surface area contributed by atoms with Crippen LogP contribution in [0.25, 0.3) is 0 Å². The molecule has 0 saturated heterocycles. The molecular weight excluding hydrogens is 324 g/mol. The molecule has 0 aliphatic rings. The van der Waals surface area contributed by atoms with Gasteiger partial charge in [-0.05, 0) is 28.1 Å². The van der Waals surface area contributed by atoms with E-state index in [1.807, 2.05) is 0 Å². The molecule has 0 aliphatic carbocycles. The molecule has 2 rings (SSSR count). The molecule has 3 N–H and O–H groups in total. The number of rotatable bonds is 3. The lowest BCUT2D eigenvalue weighted by molar-refractivity contribution is 0.473. The van der Waals surface area contributed by atoms with Crippen molar-refractivity contribution in [2.45, 2.75) is 0 Å². The Morgan fingerprint density at radius 3 is 2.89 bits per heavy atom. The third-order valence-electron chi connectivity index (χ3n) is 2.08. The van der Waals surface area contributed by atoms with Gasteiger partial charge in [-0.2, -0.15) is 0 Å². The van der Waals surface area contributed by atoms with Gasteiger partial charge in [0.05, 0.1) is 9.50 Å². The summed E-state index contributed by atoms with van der Waals surface area (Å²) in [6, 6.07) is 5.83. The number of nitrogens with zero attached hydrogens (tertiary/aromatic N) is 1. The first-order valence-electron chi connectivity index (χ1n) is 4.85. The molecule has 0 bridgehead atoms. The van der Waals surface area contributed by atoms with Crippen LogP contribution in [0.3, 0.4) is 0 Å². The Kier molecular flexibility index (Phi) is 4.00. The summed E-state index contributed by atoms with van der Waals surface area (Å²) in [5.41, 5.74) is 2.39. The van der Waals surface area contributed by atoms with E-state index in [2.05, 4.69) is 26.3 Å². The molecule has 0 amide bonds. The zero-order valence-corrected chi connectivity index (χ0v) is 11.3. The number of ether oxygens (including phenoxy) is 1. The number of nitrogen functional groups attached to an aromatic ring is 1. The van der Waals surface area contributed by atoms with Crippen LogP contribution in [-0.4, -0.2) is 4.98 Å². The molecule has 0 fully saturated rings. The van der Waals surface area contributed by atoms with Gasteiger partial charge in [0.1, 0.15) is 23.1 Å². The summed E-state index contributed by atoms with van der Waals surface area (Å²) in [6.07, 6.45) is 1.52. The molecule has 0 saturated carbocycles. The van der Waals surface area contributed by atoms with Crippen molar-refractivity contribution >= 4 is 33.3 Å². The summed E-state index contributed by atoms with van der Waals surface area (Å²) in [6.45, 7) is 0. The van der Waals surface area contributed by atoms with Crippen LogP contribution in [0.2, 0.25) is 5.02 Å².